The van der Waals surface area contributed by atoms with Crippen LogP contribution in [0.4, 0.5) is 0 Å². The molecule has 0 fully saturated rings. The van der Waals surface area contributed by atoms with Gasteiger partial charge in [0.05, 0.1) is 0 Å². The summed E-state index contributed by atoms with van der Waals surface area (Å²) in [5.41, 5.74) is 4.72. The minimum absolute atomic E-state index is 0.327. The van der Waals surface area contributed by atoms with E-state index in [4.69, 9.17) is 27.3 Å². The van der Waals surface area contributed by atoms with Crippen molar-refractivity contribution in [1.29, 1.82) is 5.26 Å². The Kier molecular flexibility index (Phi) is 3.72. The van der Waals surface area contributed by atoms with Crippen LogP contribution in [0, 0.1) is 11.3 Å². The van der Waals surface area contributed by atoms with Crippen molar-refractivity contribution >= 4 is 17.6 Å². The molecule has 0 spiro atoms. The molecule has 1 rings (SSSR count). The van der Waals surface area contributed by atoms with Crippen LogP contribution in [0.5, 0.6) is 5.75 Å². The van der Waals surface area contributed by atoms with E-state index in [2.05, 4.69) is 0 Å². The molecular formula is C10H7ClN2O2. The number of hydrogen-bond acceptors (Lipinski definition) is 4. The van der Waals surface area contributed by atoms with Gasteiger partial charge in [-0.1, -0.05) is 29.8 Å². The van der Waals surface area contributed by atoms with Gasteiger partial charge in [0.2, 0.25) is 0 Å². The van der Waals surface area contributed by atoms with Crippen LogP contribution in [0.2, 0.25) is 0 Å². The number of halogens is 1. The summed E-state index contributed by atoms with van der Waals surface area (Å²) in [7, 11) is 0. The first-order valence-corrected chi connectivity index (χ1v) is 4.35. The summed E-state index contributed by atoms with van der Waals surface area (Å²) in [6.45, 7) is 0. The molecule has 0 atom stereocenters. The standard InChI is InChI=1S/C10H7ClN2O2/c11-9(13)8(6-12)10(14)15-7-4-2-1-3-5-7/h1-5H,13H2/b9-8-. The van der Waals surface area contributed by atoms with Crippen LogP contribution in [0.1, 0.15) is 0 Å². The quantitative estimate of drug-likeness (QED) is 0.271. The lowest BCUT2D eigenvalue weighted by molar-refractivity contribution is -0.129. The summed E-state index contributed by atoms with van der Waals surface area (Å²) in [5, 5.41) is 8.20. The van der Waals surface area contributed by atoms with Crippen LogP contribution < -0.4 is 10.5 Å². The fraction of sp³-hybridized carbons (Fsp3) is 0. The van der Waals surface area contributed by atoms with Gasteiger partial charge in [-0.05, 0) is 12.1 Å². The Morgan fingerprint density at radius 1 is 1.40 bits per heavy atom. The number of esters is 1. The molecule has 0 saturated carbocycles. The van der Waals surface area contributed by atoms with Crippen molar-refractivity contribution in [1.82, 2.24) is 0 Å². The van der Waals surface area contributed by atoms with Gasteiger partial charge >= 0.3 is 5.97 Å². The molecule has 0 aliphatic rings. The zero-order valence-electron chi connectivity index (χ0n) is 7.61. The largest absolute Gasteiger partial charge is 0.422 e. The van der Waals surface area contributed by atoms with Gasteiger partial charge in [0.25, 0.3) is 0 Å². The molecular weight excluding hydrogens is 216 g/mol. The molecule has 2 N–H and O–H groups in total. The summed E-state index contributed by atoms with van der Waals surface area (Å²) in [6, 6.07) is 9.90. The van der Waals surface area contributed by atoms with Gasteiger partial charge in [-0.15, -0.1) is 0 Å². The highest BCUT2D eigenvalue weighted by Crippen LogP contribution is 2.12. The van der Waals surface area contributed by atoms with Crippen molar-refractivity contribution in [3.63, 3.8) is 0 Å². The van der Waals surface area contributed by atoms with Crippen molar-refractivity contribution in [2.45, 2.75) is 0 Å². The van der Waals surface area contributed by atoms with Gasteiger partial charge < -0.3 is 10.5 Å². The first kappa shape index (κ1) is 11.1. The highest BCUT2D eigenvalue weighted by Gasteiger charge is 2.14. The van der Waals surface area contributed by atoms with Crippen LogP contribution in [0.3, 0.4) is 0 Å². The van der Waals surface area contributed by atoms with E-state index in [-0.39, 0.29) is 5.16 Å². The number of benzene rings is 1. The molecule has 0 amide bonds. The lowest BCUT2D eigenvalue weighted by atomic mass is 10.3. The second-order valence-electron chi connectivity index (χ2n) is 2.54. The topological polar surface area (TPSA) is 76.1 Å². The molecule has 76 valence electrons. The second-order valence-corrected chi connectivity index (χ2v) is 2.94. The first-order valence-electron chi connectivity index (χ1n) is 3.97. The maximum Gasteiger partial charge on any atom is 0.357 e. The predicted octanol–water partition coefficient (Wildman–Crippen LogP) is 1.52. The molecule has 0 aliphatic heterocycles. The van der Waals surface area contributed by atoms with E-state index in [0.717, 1.165) is 0 Å². The van der Waals surface area contributed by atoms with E-state index in [1.54, 1.807) is 36.4 Å². The zero-order chi connectivity index (χ0) is 11.3. The molecule has 5 heteroatoms. The van der Waals surface area contributed by atoms with Crippen molar-refractivity contribution in [3.05, 3.63) is 41.1 Å². The number of carbonyl (C=O) groups is 1. The smallest absolute Gasteiger partial charge is 0.357 e. The van der Waals surface area contributed by atoms with Crippen LogP contribution in [-0.2, 0) is 4.79 Å². The van der Waals surface area contributed by atoms with Crippen LogP contribution in [0.15, 0.2) is 41.1 Å². The molecule has 0 aromatic heterocycles. The van der Waals surface area contributed by atoms with Crippen LogP contribution in [0.25, 0.3) is 0 Å². The molecule has 0 aliphatic carbocycles. The minimum atomic E-state index is -0.865. The van der Waals surface area contributed by atoms with Gasteiger partial charge in [0.1, 0.15) is 17.0 Å². The Morgan fingerprint density at radius 2 is 2.00 bits per heavy atom. The number of nitriles is 1. The number of para-hydroxylation sites is 1. The third-order valence-corrected chi connectivity index (χ3v) is 1.70. The third-order valence-electron chi connectivity index (χ3n) is 1.51. The van der Waals surface area contributed by atoms with E-state index in [1.807, 2.05) is 0 Å². The zero-order valence-corrected chi connectivity index (χ0v) is 8.36. The second kappa shape index (κ2) is 5.03. The van der Waals surface area contributed by atoms with Crippen LogP contribution >= 0.6 is 11.6 Å². The summed E-state index contributed by atoms with van der Waals surface area (Å²) in [4.78, 5) is 11.3. The normalized spacial score (nSPS) is 11.2. The Bertz CT molecular complexity index is 430. The molecule has 4 nitrogen and oxygen atoms in total. The Labute approximate surface area is 91.5 Å². The third kappa shape index (κ3) is 3.01. The SMILES string of the molecule is N#C/C(C(=O)Oc1ccccc1)=C(/N)Cl. The number of carbonyl (C=O) groups excluding carboxylic acids is 1. The van der Waals surface area contributed by atoms with E-state index >= 15 is 0 Å². The summed E-state index contributed by atoms with van der Waals surface area (Å²) in [6.07, 6.45) is 0. The van der Waals surface area contributed by atoms with Crippen molar-refractivity contribution < 1.29 is 9.53 Å². The maximum absolute atomic E-state index is 11.3. The minimum Gasteiger partial charge on any atom is -0.422 e. The van der Waals surface area contributed by atoms with Gasteiger partial charge in [0, 0.05) is 0 Å². The molecule has 1 aromatic rings. The molecule has 0 bridgehead atoms. The van der Waals surface area contributed by atoms with E-state index in [0.29, 0.717) is 5.75 Å². The van der Waals surface area contributed by atoms with Gasteiger partial charge in [-0.3, -0.25) is 0 Å². The molecule has 0 saturated heterocycles. The molecule has 0 unspecified atom stereocenters. The van der Waals surface area contributed by atoms with Crippen LogP contribution in [-0.4, -0.2) is 5.97 Å². The highest BCUT2D eigenvalue weighted by molar-refractivity contribution is 6.31. The number of hydrogen-bond donors (Lipinski definition) is 1. The molecule has 1 aromatic carbocycles. The molecule has 15 heavy (non-hydrogen) atoms. The Morgan fingerprint density at radius 3 is 2.47 bits per heavy atom. The highest BCUT2D eigenvalue weighted by atomic mass is 35.5. The summed E-state index contributed by atoms with van der Waals surface area (Å²) in [5.74, 6) is -0.538. The monoisotopic (exact) mass is 222 g/mol. The molecule has 0 radical (unpaired) electrons. The summed E-state index contributed by atoms with van der Waals surface area (Å²) < 4.78 is 4.84. The van der Waals surface area contributed by atoms with Crippen molar-refractivity contribution in [2.75, 3.05) is 0 Å². The van der Waals surface area contributed by atoms with Gasteiger partial charge in [-0.25, -0.2) is 4.79 Å². The lowest BCUT2D eigenvalue weighted by Gasteiger charge is -2.02. The maximum atomic E-state index is 11.3. The Balaban J connectivity index is 2.82. The summed E-state index contributed by atoms with van der Waals surface area (Å²) >= 11 is 5.34. The van der Waals surface area contributed by atoms with Gasteiger partial charge in [0.15, 0.2) is 5.57 Å². The lowest BCUT2D eigenvalue weighted by Crippen LogP contribution is -2.13. The van der Waals surface area contributed by atoms with Crippen molar-refractivity contribution in [2.24, 2.45) is 5.73 Å². The van der Waals surface area contributed by atoms with Crippen molar-refractivity contribution in [3.8, 4) is 11.8 Å². The Hall–Kier alpha value is -1.99. The number of ether oxygens (including phenoxy) is 1. The van der Waals surface area contributed by atoms with E-state index in [1.165, 1.54) is 0 Å². The average Bonchev–Trinajstić information content (AvgIpc) is 2.19. The fourth-order valence-corrected chi connectivity index (χ4v) is 0.963. The van der Waals surface area contributed by atoms with E-state index < -0.39 is 11.5 Å². The molecule has 0 heterocycles. The number of nitrogens with zero attached hydrogens (tertiary/aromatic N) is 1. The van der Waals surface area contributed by atoms with Gasteiger partial charge in [-0.2, -0.15) is 5.26 Å². The van der Waals surface area contributed by atoms with E-state index in [9.17, 15) is 4.79 Å². The number of rotatable bonds is 2. The predicted molar refractivity (Wildman–Crippen MR) is 54.8 cm³/mol. The first-order chi connectivity index (χ1) is 7.15. The average molecular weight is 223 g/mol. The fourth-order valence-electron chi connectivity index (χ4n) is 0.843. The number of nitrogens with two attached hydrogens (primary N) is 1.